The van der Waals surface area contributed by atoms with E-state index in [0.717, 1.165) is 0 Å². The van der Waals surface area contributed by atoms with E-state index in [1.54, 1.807) is 31.4 Å². The van der Waals surface area contributed by atoms with Gasteiger partial charge in [-0.25, -0.2) is 0 Å². The van der Waals surface area contributed by atoms with Crippen LogP contribution in [0.25, 0.3) is 0 Å². The Morgan fingerprint density at radius 1 is 1.30 bits per heavy atom. The molecule has 1 fully saturated rings. The number of hydrogen-bond donors (Lipinski definition) is 2. The smallest absolute Gasteiger partial charge is 0.240 e. The van der Waals surface area contributed by atoms with Crippen molar-refractivity contribution in [2.75, 3.05) is 25.6 Å². The number of hydrogen-bond acceptors (Lipinski definition) is 3. The monoisotopic (exact) mass is 296 g/mol. The van der Waals surface area contributed by atoms with Crippen LogP contribution >= 0.6 is 11.6 Å². The summed E-state index contributed by atoms with van der Waals surface area (Å²) in [4.78, 5) is 24.3. The first kappa shape index (κ1) is 14.8. The van der Waals surface area contributed by atoms with Crippen LogP contribution < -0.4 is 10.6 Å². The Balaban J connectivity index is 1.98. The Bertz CT molecular complexity index is 515. The van der Waals surface area contributed by atoms with Crippen LogP contribution in [0.2, 0.25) is 5.02 Å². The third-order valence-corrected chi connectivity index (χ3v) is 3.66. The first-order valence-corrected chi connectivity index (χ1v) is 6.81. The van der Waals surface area contributed by atoms with Gasteiger partial charge in [0.1, 0.15) is 5.41 Å². The van der Waals surface area contributed by atoms with E-state index in [9.17, 15) is 9.59 Å². The molecule has 0 radical (unpaired) electrons. The molecule has 108 valence electrons. The molecule has 1 saturated carbocycles. The molecule has 0 saturated heterocycles. The summed E-state index contributed by atoms with van der Waals surface area (Å²) in [5.41, 5.74) is -0.428. The summed E-state index contributed by atoms with van der Waals surface area (Å²) < 4.78 is 4.86. The zero-order valence-electron chi connectivity index (χ0n) is 11.2. The van der Waals surface area contributed by atoms with Gasteiger partial charge in [0, 0.05) is 13.7 Å². The van der Waals surface area contributed by atoms with E-state index in [1.807, 2.05) is 0 Å². The van der Waals surface area contributed by atoms with Crippen molar-refractivity contribution in [3.63, 3.8) is 0 Å². The van der Waals surface area contributed by atoms with Gasteiger partial charge in [0.05, 0.1) is 17.3 Å². The highest BCUT2D eigenvalue weighted by Gasteiger charge is 2.56. The lowest BCUT2D eigenvalue weighted by Crippen LogP contribution is -2.41. The number of anilines is 1. The molecular formula is C14H17ClN2O3. The zero-order valence-corrected chi connectivity index (χ0v) is 12.0. The first-order chi connectivity index (χ1) is 9.60. The fraction of sp³-hybridized carbons (Fsp3) is 0.429. The summed E-state index contributed by atoms with van der Waals surface area (Å²) >= 11 is 5.99. The van der Waals surface area contributed by atoms with Gasteiger partial charge in [-0.3, -0.25) is 9.59 Å². The van der Waals surface area contributed by atoms with Crippen LogP contribution in [0.5, 0.6) is 0 Å². The number of ether oxygens (including phenoxy) is 1. The van der Waals surface area contributed by atoms with Crippen molar-refractivity contribution in [3.05, 3.63) is 29.3 Å². The van der Waals surface area contributed by atoms with E-state index in [0.29, 0.717) is 36.7 Å². The van der Waals surface area contributed by atoms with Crippen molar-refractivity contribution in [3.8, 4) is 0 Å². The van der Waals surface area contributed by atoms with Gasteiger partial charge in [0.2, 0.25) is 11.8 Å². The Kier molecular flexibility index (Phi) is 4.62. The summed E-state index contributed by atoms with van der Waals surface area (Å²) in [6.45, 7) is 0.824. The molecular weight excluding hydrogens is 280 g/mol. The quantitative estimate of drug-likeness (QED) is 0.621. The van der Waals surface area contributed by atoms with Crippen molar-refractivity contribution >= 4 is 29.1 Å². The molecule has 1 aliphatic carbocycles. The number of benzene rings is 1. The minimum absolute atomic E-state index is 0.251. The largest absolute Gasteiger partial charge is 0.383 e. The molecule has 0 spiro atoms. The van der Waals surface area contributed by atoms with Gasteiger partial charge in [-0.15, -0.1) is 0 Å². The third-order valence-electron chi connectivity index (χ3n) is 3.33. The van der Waals surface area contributed by atoms with Gasteiger partial charge < -0.3 is 15.4 Å². The summed E-state index contributed by atoms with van der Waals surface area (Å²) in [6, 6.07) is 6.95. The molecule has 20 heavy (non-hydrogen) atoms. The van der Waals surface area contributed by atoms with Crippen LogP contribution in [0.3, 0.4) is 0 Å². The second kappa shape index (κ2) is 6.24. The molecule has 0 bridgehead atoms. The van der Waals surface area contributed by atoms with Crippen LogP contribution in [0.15, 0.2) is 24.3 Å². The van der Waals surface area contributed by atoms with Crippen LogP contribution in [0.1, 0.15) is 12.8 Å². The molecule has 0 atom stereocenters. The number of halogens is 1. The Hall–Kier alpha value is -1.59. The maximum absolute atomic E-state index is 12.3. The van der Waals surface area contributed by atoms with Crippen LogP contribution in [0.4, 0.5) is 5.69 Å². The van der Waals surface area contributed by atoms with Gasteiger partial charge in [0.25, 0.3) is 0 Å². The second-order valence-electron chi connectivity index (χ2n) is 4.76. The highest BCUT2D eigenvalue weighted by Crippen LogP contribution is 2.47. The number of methoxy groups -OCH3 is 1. The zero-order chi connectivity index (χ0) is 14.6. The summed E-state index contributed by atoms with van der Waals surface area (Å²) in [7, 11) is 1.56. The Labute approximate surface area is 122 Å². The first-order valence-electron chi connectivity index (χ1n) is 6.43. The van der Waals surface area contributed by atoms with Gasteiger partial charge in [-0.2, -0.15) is 0 Å². The van der Waals surface area contributed by atoms with Crippen molar-refractivity contribution in [2.45, 2.75) is 12.8 Å². The molecule has 0 unspecified atom stereocenters. The molecule has 0 heterocycles. The molecule has 0 aliphatic heterocycles. The fourth-order valence-corrected chi connectivity index (χ4v) is 2.11. The Morgan fingerprint density at radius 3 is 2.60 bits per heavy atom. The number of nitrogens with one attached hydrogen (secondary N) is 2. The van der Waals surface area contributed by atoms with Gasteiger partial charge in [-0.05, 0) is 25.0 Å². The van der Waals surface area contributed by atoms with Crippen molar-refractivity contribution in [1.82, 2.24) is 5.32 Å². The van der Waals surface area contributed by atoms with Crippen LogP contribution in [-0.4, -0.2) is 32.1 Å². The van der Waals surface area contributed by atoms with Crippen LogP contribution in [0, 0.1) is 5.41 Å². The van der Waals surface area contributed by atoms with Gasteiger partial charge in [-0.1, -0.05) is 23.7 Å². The maximum Gasteiger partial charge on any atom is 0.240 e. The fourth-order valence-electron chi connectivity index (χ4n) is 1.92. The van der Waals surface area contributed by atoms with E-state index in [2.05, 4.69) is 10.6 Å². The van der Waals surface area contributed by atoms with E-state index < -0.39 is 5.41 Å². The number of carbonyl (C=O) groups excluding carboxylic acids is 2. The Morgan fingerprint density at radius 2 is 2.00 bits per heavy atom. The summed E-state index contributed by atoms with van der Waals surface area (Å²) in [5, 5.41) is 5.89. The minimum Gasteiger partial charge on any atom is -0.383 e. The van der Waals surface area contributed by atoms with Gasteiger partial charge in [0.15, 0.2) is 0 Å². The van der Waals surface area contributed by atoms with Crippen LogP contribution in [-0.2, 0) is 14.3 Å². The highest BCUT2D eigenvalue weighted by atomic mass is 35.5. The number of rotatable bonds is 6. The topological polar surface area (TPSA) is 67.4 Å². The predicted octanol–water partition coefficient (Wildman–Crippen LogP) is 1.82. The lowest BCUT2D eigenvalue weighted by Gasteiger charge is -2.15. The minimum atomic E-state index is -0.951. The molecule has 1 aromatic rings. The lowest BCUT2D eigenvalue weighted by atomic mass is 10.1. The third kappa shape index (κ3) is 3.11. The number of para-hydroxylation sites is 1. The molecule has 6 heteroatoms. The van der Waals surface area contributed by atoms with E-state index in [4.69, 9.17) is 16.3 Å². The SMILES string of the molecule is COCCNC(=O)C1(C(=O)Nc2ccccc2Cl)CC1. The summed E-state index contributed by atoms with van der Waals surface area (Å²) in [5.74, 6) is -0.556. The highest BCUT2D eigenvalue weighted by molar-refractivity contribution is 6.34. The second-order valence-corrected chi connectivity index (χ2v) is 5.17. The maximum atomic E-state index is 12.3. The molecule has 5 nitrogen and oxygen atoms in total. The van der Waals surface area contributed by atoms with Crippen molar-refractivity contribution in [2.24, 2.45) is 5.41 Å². The van der Waals surface area contributed by atoms with E-state index in [-0.39, 0.29) is 11.8 Å². The number of amides is 2. The van der Waals surface area contributed by atoms with Gasteiger partial charge >= 0.3 is 0 Å². The predicted molar refractivity (Wildman–Crippen MR) is 76.6 cm³/mol. The van der Waals surface area contributed by atoms with E-state index in [1.165, 1.54) is 0 Å². The molecule has 2 N–H and O–H groups in total. The average molecular weight is 297 g/mol. The van der Waals surface area contributed by atoms with E-state index >= 15 is 0 Å². The standard InChI is InChI=1S/C14H17ClN2O3/c1-20-9-8-16-12(18)14(6-7-14)13(19)17-11-5-3-2-4-10(11)15/h2-5H,6-9H2,1H3,(H,16,18)(H,17,19). The molecule has 1 aliphatic rings. The molecule has 2 rings (SSSR count). The molecule has 2 amide bonds. The molecule has 1 aromatic carbocycles. The number of carbonyl (C=O) groups is 2. The normalized spacial score (nSPS) is 15.5. The average Bonchev–Trinajstić information content (AvgIpc) is 3.23. The lowest BCUT2D eigenvalue weighted by molar-refractivity contribution is -0.134. The summed E-state index contributed by atoms with van der Waals surface area (Å²) in [6.07, 6.45) is 1.12. The van der Waals surface area contributed by atoms with Crippen molar-refractivity contribution in [1.29, 1.82) is 0 Å². The van der Waals surface area contributed by atoms with Crippen molar-refractivity contribution < 1.29 is 14.3 Å². The molecule has 0 aromatic heterocycles.